The molecule has 0 bridgehead atoms. The Morgan fingerprint density at radius 3 is 2.65 bits per heavy atom. The second kappa shape index (κ2) is 6.42. The summed E-state index contributed by atoms with van der Waals surface area (Å²) in [6.45, 7) is 4.85. The van der Waals surface area contributed by atoms with Gasteiger partial charge in [-0.05, 0) is 38.0 Å². The molecule has 0 amide bonds. The Hall–Kier alpha value is -2.33. The molecule has 1 heterocycles. The van der Waals surface area contributed by atoms with Crippen LogP contribution in [0.1, 0.15) is 25.8 Å². The number of aromatic nitrogens is 2. The summed E-state index contributed by atoms with van der Waals surface area (Å²) in [4.78, 5) is 0. The van der Waals surface area contributed by atoms with Gasteiger partial charge in [0.05, 0.1) is 17.3 Å². The summed E-state index contributed by atoms with van der Waals surface area (Å²) in [5.74, 6) is 0.825. The summed E-state index contributed by atoms with van der Waals surface area (Å²) in [6, 6.07) is 16.1. The highest BCUT2D eigenvalue weighted by Crippen LogP contribution is 2.22. The fourth-order valence-electron chi connectivity index (χ4n) is 2.44. The lowest BCUT2D eigenvalue weighted by Gasteiger charge is -2.17. The molecule has 2 aromatic carbocycles. The topological polar surface area (TPSA) is 47.3 Å². The van der Waals surface area contributed by atoms with Gasteiger partial charge in [-0.15, -0.1) is 0 Å². The van der Waals surface area contributed by atoms with Crippen LogP contribution >= 0.6 is 0 Å². The molecule has 3 aromatic rings. The fourth-order valence-corrected chi connectivity index (χ4v) is 2.44. The molecule has 3 rings (SSSR count). The Bertz CT molecular complexity index is 773. The van der Waals surface area contributed by atoms with Crippen molar-refractivity contribution < 1.29 is 9.84 Å². The lowest BCUT2D eigenvalue weighted by Crippen LogP contribution is -2.21. The van der Waals surface area contributed by atoms with Crippen LogP contribution in [0.2, 0.25) is 0 Å². The summed E-state index contributed by atoms with van der Waals surface area (Å²) >= 11 is 0. The van der Waals surface area contributed by atoms with Crippen molar-refractivity contribution in [2.45, 2.75) is 39.0 Å². The van der Waals surface area contributed by atoms with Crippen molar-refractivity contribution in [2.75, 3.05) is 0 Å². The molecule has 0 atom stereocenters. The lowest BCUT2D eigenvalue weighted by atomic mass is 10.1. The summed E-state index contributed by atoms with van der Waals surface area (Å²) in [7, 11) is 0. The summed E-state index contributed by atoms with van der Waals surface area (Å²) < 4.78 is 7.80. The van der Waals surface area contributed by atoms with E-state index < -0.39 is 5.60 Å². The highest BCUT2D eigenvalue weighted by Gasteiger charge is 2.13. The van der Waals surface area contributed by atoms with Crippen LogP contribution < -0.4 is 4.74 Å². The molecule has 0 aliphatic heterocycles. The number of aryl methyl sites for hydroxylation is 1. The number of aliphatic hydroxyl groups is 1. The van der Waals surface area contributed by atoms with Crippen LogP contribution in [0.5, 0.6) is 5.75 Å². The normalized spacial score (nSPS) is 11.8. The molecule has 4 heteroatoms. The van der Waals surface area contributed by atoms with E-state index in [0.29, 0.717) is 19.6 Å². The average Bonchev–Trinajstić information content (AvgIpc) is 2.94. The van der Waals surface area contributed by atoms with E-state index in [0.717, 1.165) is 22.2 Å². The minimum Gasteiger partial charge on any atom is -0.489 e. The smallest absolute Gasteiger partial charge is 0.121 e. The molecule has 0 aliphatic rings. The number of nitrogens with zero attached hydrogens (tertiary/aromatic N) is 2. The van der Waals surface area contributed by atoms with E-state index in [1.807, 2.05) is 73.3 Å². The standard InChI is InChI=1S/C19H22N2O2/c1-19(2,22)10-11-21-18-12-17(9-8-16(18)13-20-21)23-14-15-6-4-3-5-7-15/h3-9,12-13,22H,10-11,14H2,1-2H3. The van der Waals surface area contributed by atoms with E-state index in [1.165, 1.54) is 0 Å². The van der Waals surface area contributed by atoms with Gasteiger partial charge in [-0.1, -0.05) is 30.3 Å². The molecular formula is C19H22N2O2. The number of fused-ring (bicyclic) bond motifs is 1. The molecule has 0 saturated carbocycles. The van der Waals surface area contributed by atoms with Gasteiger partial charge >= 0.3 is 0 Å². The molecule has 1 aromatic heterocycles. The monoisotopic (exact) mass is 310 g/mol. The average molecular weight is 310 g/mol. The zero-order chi connectivity index (χ0) is 16.3. The predicted molar refractivity (Wildman–Crippen MR) is 91.4 cm³/mol. The van der Waals surface area contributed by atoms with Gasteiger partial charge in [0.15, 0.2) is 0 Å². The Morgan fingerprint density at radius 2 is 1.91 bits per heavy atom. The Balaban J connectivity index is 1.75. The van der Waals surface area contributed by atoms with Crippen molar-refractivity contribution in [2.24, 2.45) is 0 Å². The van der Waals surface area contributed by atoms with Crippen molar-refractivity contribution in [1.29, 1.82) is 0 Å². The van der Waals surface area contributed by atoms with Crippen molar-refractivity contribution in [3.8, 4) is 5.75 Å². The molecule has 0 spiro atoms. The Kier molecular flexibility index (Phi) is 4.35. The molecular weight excluding hydrogens is 288 g/mol. The van der Waals surface area contributed by atoms with Crippen LogP contribution in [-0.4, -0.2) is 20.5 Å². The molecule has 1 N–H and O–H groups in total. The van der Waals surface area contributed by atoms with E-state index in [4.69, 9.17) is 4.74 Å². The minimum absolute atomic E-state index is 0.546. The highest BCUT2D eigenvalue weighted by molar-refractivity contribution is 5.80. The Labute approximate surface area is 136 Å². The van der Waals surface area contributed by atoms with Gasteiger partial charge in [0.2, 0.25) is 0 Å². The van der Waals surface area contributed by atoms with Gasteiger partial charge < -0.3 is 9.84 Å². The second-order valence-corrected chi connectivity index (χ2v) is 6.43. The van der Waals surface area contributed by atoms with E-state index in [-0.39, 0.29) is 0 Å². The Morgan fingerprint density at radius 1 is 1.13 bits per heavy atom. The molecule has 0 saturated heterocycles. The van der Waals surface area contributed by atoms with Crippen LogP contribution in [-0.2, 0) is 13.2 Å². The molecule has 23 heavy (non-hydrogen) atoms. The minimum atomic E-state index is -0.695. The van der Waals surface area contributed by atoms with Crippen molar-refractivity contribution >= 4 is 10.9 Å². The zero-order valence-corrected chi connectivity index (χ0v) is 13.6. The largest absolute Gasteiger partial charge is 0.489 e. The van der Waals surface area contributed by atoms with Crippen molar-refractivity contribution in [1.82, 2.24) is 9.78 Å². The quantitative estimate of drug-likeness (QED) is 0.754. The van der Waals surface area contributed by atoms with E-state index in [2.05, 4.69) is 5.10 Å². The van der Waals surface area contributed by atoms with Gasteiger partial charge in [0.25, 0.3) is 0 Å². The third kappa shape index (κ3) is 4.11. The second-order valence-electron chi connectivity index (χ2n) is 6.43. The fraction of sp³-hybridized carbons (Fsp3) is 0.316. The number of hydrogen-bond acceptors (Lipinski definition) is 3. The maximum absolute atomic E-state index is 9.89. The SMILES string of the molecule is CC(C)(O)CCn1ncc2ccc(OCc3ccccc3)cc21. The van der Waals surface area contributed by atoms with Crippen LogP contribution in [0.25, 0.3) is 10.9 Å². The number of benzene rings is 2. The summed E-state index contributed by atoms with van der Waals surface area (Å²) in [5.41, 5.74) is 1.47. The van der Waals surface area contributed by atoms with Crippen molar-refractivity contribution in [3.05, 3.63) is 60.3 Å². The van der Waals surface area contributed by atoms with E-state index >= 15 is 0 Å². The third-order valence-electron chi connectivity index (χ3n) is 3.80. The first kappa shape index (κ1) is 15.6. The van der Waals surface area contributed by atoms with Gasteiger partial charge in [0.1, 0.15) is 12.4 Å². The highest BCUT2D eigenvalue weighted by atomic mass is 16.5. The lowest BCUT2D eigenvalue weighted by molar-refractivity contribution is 0.0655. The van der Waals surface area contributed by atoms with Crippen LogP contribution in [0, 0.1) is 0 Å². The number of rotatable bonds is 6. The molecule has 0 aliphatic carbocycles. The van der Waals surface area contributed by atoms with Gasteiger partial charge in [0, 0.05) is 18.0 Å². The summed E-state index contributed by atoms with van der Waals surface area (Å²) in [6.07, 6.45) is 2.50. The molecule has 0 fully saturated rings. The zero-order valence-electron chi connectivity index (χ0n) is 13.6. The first-order valence-electron chi connectivity index (χ1n) is 7.86. The van der Waals surface area contributed by atoms with Crippen LogP contribution in [0.15, 0.2) is 54.7 Å². The van der Waals surface area contributed by atoms with Crippen molar-refractivity contribution in [3.63, 3.8) is 0 Å². The van der Waals surface area contributed by atoms with Gasteiger partial charge in [-0.3, -0.25) is 4.68 Å². The van der Waals surface area contributed by atoms with E-state index in [1.54, 1.807) is 0 Å². The first-order valence-corrected chi connectivity index (χ1v) is 7.86. The third-order valence-corrected chi connectivity index (χ3v) is 3.80. The van der Waals surface area contributed by atoms with Gasteiger partial charge in [-0.25, -0.2) is 0 Å². The van der Waals surface area contributed by atoms with Gasteiger partial charge in [-0.2, -0.15) is 5.10 Å². The maximum Gasteiger partial charge on any atom is 0.121 e. The molecule has 4 nitrogen and oxygen atoms in total. The molecule has 0 radical (unpaired) electrons. The van der Waals surface area contributed by atoms with Crippen LogP contribution in [0.3, 0.4) is 0 Å². The predicted octanol–water partition coefficient (Wildman–Crippen LogP) is 3.78. The first-order chi connectivity index (χ1) is 11.0. The molecule has 120 valence electrons. The number of ether oxygens (including phenoxy) is 1. The number of hydrogen-bond donors (Lipinski definition) is 1. The maximum atomic E-state index is 9.89. The van der Waals surface area contributed by atoms with Crippen LogP contribution in [0.4, 0.5) is 0 Å². The summed E-state index contributed by atoms with van der Waals surface area (Å²) in [5, 5.41) is 15.4. The van der Waals surface area contributed by atoms with E-state index in [9.17, 15) is 5.11 Å². The molecule has 0 unspecified atom stereocenters.